The molecule has 0 amide bonds. The second kappa shape index (κ2) is 64.8. The van der Waals surface area contributed by atoms with Crippen LogP contribution < -0.4 is 0 Å². The van der Waals surface area contributed by atoms with Gasteiger partial charge in [-0.3, -0.25) is 0 Å². The van der Waals surface area contributed by atoms with E-state index >= 15 is 0 Å². The van der Waals surface area contributed by atoms with Crippen LogP contribution in [-0.4, -0.2) is 21.9 Å². The minimum Gasteiger partial charge on any atom is -0.412 e. The van der Waals surface area contributed by atoms with Gasteiger partial charge in [-0.2, -0.15) is 0 Å². The van der Waals surface area contributed by atoms with Gasteiger partial charge in [0.1, 0.15) is 0 Å². The quantitative estimate of drug-likeness (QED) is 0.430. The summed E-state index contributed by atoms with van der Waals surface area (Å²) >= 11 is 0. The Morgan fingerprint density at radius 2 is 0.667 bits per heavy atom. The fraction of sp³-hybridized carbons (Fsp3) is 0. The molecule has 0 aromatic rings. The largest absolute Gasteiger partial charge is 1.00 e. The van der Waals surface area contributed by atoms with Crippen LogP contribution in [0.5, 0.6) is 0 Å². The summed E-state index contributed by atoms with van der Waals surface area (Å²) in [5, 5.41) is 0. The van der Waals surface area contributed by atoms with Gasteiger partial charge in [0.2, 0.25) is 0 Å². The first-order valence-corrected chi connectivity index (χ1v) is 0. The zero-order valence-electron chi connectivity index (χ0n) is 3.91. The SMILES string of the molecule is I.O.O.O.O.[Ce].[H+]. The van der Waals surface area contributed by atoms with E-state index in [0.717, 1.165) is 0 Å². The van der Waals surface area contributed by atoms with Gasteiger partial charge in [0.15, 0.2) is 0 Å². The Morgan fingerprint density at radius 3 is 0.667 bits per heavy atom. The van der Waals surface area contributed by atoms with Crippen molar-refractivity contribution in [3.63, 3.8) is 0 Å². The predicted molar refractivity (Wildman–Crippen MR) is 31.0 cm³/mol. The smallest absolute Gasteiger partial charge is 0.412 e. The Morgan fingerprint density at radius 1 is 0.667 bits per heavy atom. The molecule has 4 nitrogen and oxygen atoms in total. The topological polar surface area (TPSA) is 126 Å². The molecule has 0 unspecified atom stereocenters. The van der Waals surface area contributed by atoms with Gasteiger partial charge < -0.3 is 21.9 Å². The van der Waals surface area contributed by atoms with Crippen LogP contribution >= 0.6 is 24.0 Å². The number of rotatable bonds is 0. The zero-order valence-corrected chi connectivity index (χ0v) is 8.38. The van der Waals surface area contributed by atoms with E-state index in [1.54, 1.807) is 0 Å². The summed E-state index contributed by atoms with van der Waals surface area (Å²) < 4.78 is 0. The maximum absolute atomic E-state index is 0. The third kappa shape index (κ3) is 38.4. The molecule has 8 N–H and O–H groups in total. The van der Waals surface area contributed by atoms with Gasteiger partial charge in [-0.1, -0.05) is 0 Å². The molecule has 0 saturated carbocycles. The molecule has 6 heavy (non-hydrogen) atoms. The van der Waals surface area contributed by atoms with Gasteiger partial charge in [0.05, 0.1) is 0 Å². The summed E-state index contributed by atoms with van der Waals surface area (Å²) in [5.74, 6) is 0. The Labute approximate surface area is 87.8 Å². The molecular formula is H10CeIO4+. The Hall–Kier alpha value is 1.95. The van der Waals surface area contributed by atoms with E-state index in [-0.39, 0.29) is 89.1 Å². The van der Waals surface area contributed by atoms with Crippen LogP contribution in [0.4, 0.5) is 0 Å². The molecule has 0 atom stereocenters. The Bertz CT molecular complexity index is 11.7. The number of hydrogen-bond acceptors (Lipinski definition) is 0. The average Bonchev–Trinajstić information content (AvgIpc) is 0. The van der Waals surface area contributed by atoms with Crippen molar-refractivity contribution in [2.24, 2.45) is 0 Å². The summed E-state index contributed by atoms with van der Waals surface area (Å²) in [6.07, 6.45) is 0. The van der Waals surface area contributed by atoms with E-state index in [2.05, 4.69) is 0 Å². The van der Waals surface area contributed by atoms with Crippen LogP contribution in [0.1, 0.15) is 1.43 Å². The first-order chi connectivity index (χ1) is 0. The van der Waals surface area contributed by atoms with E-state index in [1.165, 1.54) is 0 Å². The molecule has 0 saturated heterocycles. The van der Waals surface area contributed by atoms with Crippen LogP contribution in [0.2, 0.25) is 0 Å². The molecular weight excluding hydrogens is 331 g/mol. The van der Waals surface area contributed by atoms with Gasteiger partial charge in [-0.05, 0) is 0 Å². The first-order valence-electron chi connectivity index (χ1n) is 0. The van der Waals surface area contributed by atoms with Gasteiger partial charge in [-0.25, -0.2) is 0 Å². The fourth-order valence-corrected chi connectivity index (χ4v) is 0. The van der Waals surface area contributed by atoms with Crippen molar-refractivity contribution < 1.29 is 65.1 Å². The minimum atomic E-state index is 0. The van der Waals surface area contributed by atoms with Gasteiger partial charge >= 0.3 is 1.43 Å². The first kappa shape index (κ1) is 101. The standard InChI is InChI=1S/Ce.HI.4H2O/h;1H;4*1H2/p+1. The summed E-state index contributed by atoms with van der Waals surface area (Å²) in [5.41, 5.74) is 0. The Kier molecular flexibility index (Phi) is 1090. The van der Waals surface area contributed by atoms with Gasteiger partial charge in [0, 0.05) is 41.7 Å². The monoisotopic (exact) mass is 341 g/mol. The molecule has 6 heteroatoms. The molecule has 0 bridgehead atoms. The number of halogens is 1. The van der Waals surface area contributed by atoms with Gasteiger partial charge in [-0.15, -0.1) is 24.0 Å². The van der Waals surface area contributed by atoms with Crippen molar-refractivity contribution in [2.45, 2.75) is 0 Å². The summed E-state index contributed by atoms with van der Waals surface area (Å²) in [6, 6.07) is 0. The van der Waals surface area contributed by atoms with Crippen molar-refractivity contribution in [2.75, 3.05) is 0 Å². The van der Waals surface area contributed by atoms with Crippen LogP contribution in [0.3, 0.4) is 0 Å². The van der Waals surface area contributed by atoms with E-state index in [1.807, 2.05) is 0 Å². The third-order valence-electron chi connectivity index (χ3n) is 0. The molecule has 0 aliphatic rings. The molecule has 0 heterocycles. The molecule has 0 aliphatic heterocycles. The van der Waals surface area contributed by atoms with Crippen molar-refractivity contribution >= 4 is 24.0 Å². The minimum absolute atomic E-state index is 0. The van der Waals surface area contributed by atoms with Crippen molar-refractivity contribution in [3.8, 4) is 0 Å². The second-order valence-electron chi connectivity index (χ2n) is 0. The molecule has 0 rings (SSSR count). The summed E-state index contributed by atoms with van der Waals surface area (Å²) in [6.45, 7) is 0. The Balaban J connectivity index is 0. The van der Waals surface area contributed by atoms with E-state index in [4.69, 9.17) is 0 Å². The van der Waals surface area contributed by atoms with E-state index in [9.17, 15) is 0 Å². The van der Waals surface area contributed by atoms with Crippen molar-refractivity contribution in [3.05, 3.63) is 0 Å². The normalized spacial score (nSPS) is 0. The van der Waals surface area contributed by atoms with E-state index < -0.39 is 0 Å². The molecule has 0 radical (unpaired) electrons. The second-order valence-corrected chi connectivity index (χ2v) is 0. The molecule has 0 aliphatic carbocycles. The summed E-state index contributed by atoms with van der Waals surface area (Å²) in [4.78, 5) is 0. The predicted octanol–water partition coefficient (Wildman–Crippen LogP) is -2.57. The number of hydrogen-bond donors (Lipinski definition) is 0. The van der Waals surface area contributed by atoms with Crippen molar-refractivity contribution in [1.29, 1.82) is 0 Å². The molecule has 0 spiro atoms. The van der Waals surface area contributed by atoms with Gasteiger partial charge in [0.25, 0.3) is 0 Å². The van der Waals surface area contributed by atoms with Crippen LogP contribution in [0.15, 0.2) is 0 Å². The van der Waals surface area contributed by atoms with Crippen LogP contribution in [0.25, 0.3) is 0 Å². The van der Waals surface area contributed by atoms with E-state index in [0.29, 0.717) is 0 Å². The fourth-order valence-electron chi connectivity index (χ4n) is 0. The molecule has 44 valence electrons. The molecule has 0 aromatic carbocycles. The van der Waals surface area contributed by atoms with Crippen molar-refractivity contribution in [1.82, 2.24) is 0 Å². The maximum atomic E-state index is 0. The average molecular weight is 341 g/mol. The zero-order chi connectivity index (χ0) is 0. The molecule has 0 aromatic heterocycles. The van der Waals surface area contributed by atoms with Crippen LogP contribution in [0, 0.1) is 41.7 Å². The maximum Gasteiger partial charge on any atom is 1.00 e. The third-order valence-corrected chi connectivity index (χ3v) is 0. The molecule has 0 fully saturated rings. The summed E-state index contributed by atoms with van der Waals surface area (Å²) in [7, 11) is 0. The van der Waals surface area contributed by atoms with Crippen LogP contribution in [-0.2, 0) is 0 Å².